The summed E-state index contributed by atoms with van der Waals surface area (Å²) in [7, 11) is 1.51. The number of nitrogens with one attached hydrogen (secondary N) is 2. The summed E-state index contributed by atoms with van der Waals surface area (Å²) < 4.78 is 18.8. The van der Waals surface area contributed by atoms with E-state index in [9.17, 15) is 18.8 Å². The van der Waals surface area contributed by atoms with Gasteiger partial charge in [-0.3, -0.25) is 14.4 Å². The molecule has 4 rings (SSSR count). The van der Waals surface area contributed by atoms with Gasteiger partial charge in [-0.2, -0.15) is 0 Å². The third kappa shape index (κ3) is 8.66. The van der Waals surface area contributed by atoms with Gasteiger partial charge in [-0.15, -0.1) is 0 Å². The number of anilines is 1. The van der Waals surface area contributed by atoms with E-state index in [0.717, 1.165) is 31.2 Å². The van der Waals surface area contributed by atoms with Crippen molar-refractivity contribution < 1.29 is 23.5 Å². The number of rotatable bonds is 12. The molecular weight excluding hydrogens is 559 g/mol. The Bertz CT molecular complexity index is 1420. The molecule has 3 aromatic carbocycles. The van der Waals surface area contributed by atoms with Gasteiger partial charge in [0.2, 0.25) is 5.91 Å². The molecule has 9 heteroatoms. The number of benzene rings is 3. The number of likely N-dealkylation sites (tertiary alicyclic amines) is 1. The van der Waals surface area contributed by atoms with Crippen LogP contribution in [0, 0.1) is 11.7 Å². The summed E-state index contributed by atoms with van der Waals surface area (Å²) in [6, 6.07) is 19.2. The molecule has 1 aliphatic heterocycles. The van der Waals surface area contributed by atoms with Crippen LogP contribution in [0.15, 0.2) is 72.8 Å². The van der Waals surface area contributed by atoms with Crippen molar-refractivity contribution in [2.24, 2.45) is 11.7 Å². The molecule has 1 aliphatic rings. The van der Waals surface area contributed by atoms with Crippen LogP contribution in [0.25, 0.3) is 0 Å². The van der Waals surface area contributed by atoms with Crippen molar-refractivity contribution >= 4 is 23.4 Å². The van der Waals surface area contributed by atoms with Crippen molar-refractivity contribution in [1.82, 2.24) is 10.2 Å². The maximum Gasteiger partial charge on any atom is 0.254 e. The minimum atomic E-state index is -0.571. The quantitative estimate of drug-likeness (QED) is 0.251. The summed E-state index contributed by atoms with van der Waals surface area (Å²) >= 11 is 0. The number of methoxy groups -OCH3 is 1. The number of halogens is 1. The maximum atomic E-state index is 13.7. The second-order valence-electron chi connectivity index (χ2n) is 11.6. The molecule has 1 fully saturated rings. The van der Waals surface area contributed by atoms with E-state index in [2.05, 4.69) is 17.6 Å². The van der Waals surface area contributed by atoms with Gasteiger partial charge in [0.15, 0.2) is 0 Å². The van der Waals surface area contributed by atoms with Gasteiger partial charge in [0.25, 0.3) is 11.8 Å². The molecule has 0 bridgehead atoms. The highest BCUT2D eigenvalue weighted by Gasteiger charge is 2.29. The lowest BCUT2D eigenvalue weighted by Crippen LogP contribution is -2.50. The molecule has 0 aliphatic carbocycles. The van der Waals surface area contributed by atoms with Crippen LogP contribution in [0.2, 0.25) is 0 Å². The largest absolute Gasteiger partial charge is 0.497 e. The van der Waals surface area contributed by atoms with Crippen molar-refractivity contribution in [2.45, 2.75) is 70.5 Å². The van der Waals surface area contributed by atoms with Crippen LogP contribution < -0.4 is 21.1 Å². The number of hydrogen-bond donors (Lipinski definition) is 3. The van der Waals surface area contributed by atoms with Crippen molar-refractivity contribution in [3.05, 3.63) is 95.3 Å². The van der Waals surface area contributed by atoms with Crippen LogP contribution in [0.1, 0.15) is 72.2 Å². The van der Waals surface area contributed by atoms with E-state index < -0.39 is 18.0 Å². The summed E-state index contributed by atoms with van der Waals surface area (Å²) in [6.45, 7) is 4.55. The zero-order valence-electron chi connectivity index (χ0n) is 25.7. The van der Waals surface area contributed by atoms with Gasteiger partial charge in [-0.25, -0.2) is 4.39 Å². The molecule has 0 radical (unpaired) electrons. The lowest BCUT2D eigenvalue weighted by Gasteiger charge is -2.35. The topological polar surface area (TPSA) is 114 Å². The molecule has 4 N–H and O–H groups in total. The highest BCUT2D eigenvalue weighted by Crippen LogP contribution is 2.25. The van der Waals surface area contributed by atoms with Crippen LogP contribution in [0.4, 0.5) is 10.1 Å². The molecule has 0 aromatic heterocycles. The molecule has 1 unspecified atom stereocenters. The summed E-state index contributed by atoms with van der Waals surface area (Å²) in [5.74, 6) is -1.20. The normalized spacial score (nSPS) is 16.8. The predicted molar refractivity (Wildman–Crippen MR) is 170 cm³/mol. The summed E-state index contributed by atoms with van der Waals surface area (Å²) in [6.07, 6.45) is 4.64. The second-order valence-corrected chi connectivity index (χ2v) is 11.6. The monoisotopic (exact) mass is 602 g/mol. The highest BCUT2D eigenvalue weighted by molar-refractivity contribution is 6.00. The van der Waals surface area contributed by atoms with Crippen LogP contribution in [-0.4, -0.2) is 54.4 Å². The Morgan fingerprint density at radius 3 is 2.41 bits per heavy atom. The van der Waals surface area contributed by atoms with E-state index in [1.807, 2.05) is 35.2 Å². The number of carbonyl (C=O) groups excluding carboxylic acids is 3. The van der Waals surface area contributed by atoms with Gasteiger partial charge in [0.05, 0.1) is 7.11 Å². The van der Waals surface area contributed by atoms with Gasteiger partial charge >= 0.3 is 0 Å². The first kappa shape index (κ1) is 32.7. The molecule has 3 aromatic rings. The Labute approximate surface area is 259 Å². The molecule has 1 saturated heterocycles. The number of ether oxygens (including phenoxy) is 1. The molecule has 0 spiro atoms. The average Bonchev–Trinajstić information content (AvgIpc) is 3.05. The molecule has 0 saturated carbocycles. The van der Waals surface area contributed by atoms with Crippen molar-refractivity contribution in [3.63, 3.8) is 0 Å². The van der Waals surface area contributed by atoms with E-state index in [1.165, 1.54) is 31.4 Å². The molecular formula is C35H43FN4O4. The second kappa shape index (κ2) is 15.5. The van der Waals surface area contributed by atoms with E-state index in [4.69, 9.17) is 10.5 Å². The fourth-order valence-electron chi connectivity index (χ4n) is 5.74. The number of nitrogens with two attached hydrogens (primary N) is 1. The van der Waals surface area contributed by atoms with E-state index in [-0.39, 0.29) is 29.6 Å². The smallest absolute Gasteiger partial charge is 0.254 e. The van der Waals surface area contributed by atoms with Crippen LogP contribution in [-0.2, 0) is 11.2 Å². The molecule has 4 atom stereocenters. The number of amides is 3. The maximum absolute atomic E-state index is 13.7. The van der Waals surface area contributed by atoms with Crippen LogP contribution in [0.3, 0.4) is 0 Å². The summed E-state index contributed by atoms with van der Waals surface area (Å²) in [5, 5.41) is 5.88. The van der Waals surface area contributed by atoms with E-state index in [0.29, 0.717) is 42.0 Å². The third-order valence-electron chi connectivity index (χ3n) is 8.33. The first-order valence-electron chi connectivity index (χ1n) is 15.3. The number of nitrogens with zero attached hydrogens (tertiary/aromatic N) is 1. The number of hydrogen-bond acceptors (Lipinski definition) is 5. The van der Waals surface area contributed by atoms with Gasteiger partial charge in [-0.1, -0.05) is 44.2 Å². The summed E-state index contributed by atoms with van der Waals surface area (Å²) in [5.41, 5.74) is 8.85. The Hall–Kier alpha value is -4.24. The first-order valence-corrected chi connectivity index (χ1v) is 15.3. The minimum absolute atomic E-state index is 0.108. The minimum Gasteiger partial charge on any atom is -0.497 e. The predicted octanol–water partition coefficient (Wildman–Crippen LogP) is 5.57. The Kier molecular flexibility index (Phi) is 11.5. The fraction of sp³-hybridized carbons (Fsp3) is 0.400. The van der Waals surface area contributed by atoms with Crippen LogP contribution in [0.5, 0.6) is 5.75 Å². The Morgan fingerprint density at radius 2 is 1.73 bits per heavy atom. The van der Waals surface area contributed by atoms with Gasteiger partial charge < -0.3 is 26.0 Å². The average molecular weight is 603 g/mol. The molecule has 3 amide bonds. The van der Waals surface area contributed by atoms with Crippen molar-refractivity contribution in [1.29, 1.82) is 0 Å². The van der Waals surface area contributed by atoms with Gasteiger partial charge in [0, 0.05) is 47.4 Å². The summed E-state index contributed by atoms with van der Waals surface area (Å²) in [4.78, 5) is 42.1. The zero-order valence-corrected chi connectivity index (χ0v) is 25.7. The molecule has 44 heavy (non-hydrogen) atoms. The van der Waals surface area contributed by atoms with Crippen LogP contribution >= 0.6 is 0 Å². The van der Waals surface area contributed by atoms with Gasteiger partial charge in [-0.05, 0) is 86.6 Å². The highest BCUT2D eigenvalue weighted by atomic mass is 19.1. The molecule has 8 nitrogen and oxygen atoms in total. The van der Waals surface area contributed by atoms with Gasteiger partial charge in [0.1, 0.15) is 11.6 Å². The van der Waals surface area contributed by atoms with E-state index in [1.54, 1.807) is 25.1 Å². The Balaban J connectivity index is 1.52. The standard InChI is InChI=1S/C35H43FN4O4/c1-4-29-12-8-9-17-40(29)35(43)26-20-25(21-30(22-26)44-3)34(42)39-32(19-24-10-6-5-7-11-24)31(37)18-23(2)33(41)38-28-15-13-27(36)14-16-28/h5-7,10-11,13-16,20-23,29,31-32H,4,8-9,12,17-19,37H2,1-3H3,(H,38,41)(H,39,42)/t23-,29?,31+,32+/m1/s1. The van der Waals surface area contributed by atoms with E-state index >= 15 is 0 Å². The van der Waals surface area contributed by atoms with Crippen molar-refractivity contribution in [2.75, 3.05) is 19.0 Å². The SMILES string of the molecule is CCC1CCCCN1C(=O)c1cc(OC)cc(C(=O)N[C@@H](Cc2ccccc2)[C@@H](N)C[C@@H](C)C(=O)Nc2ccc(F)cc2)c1. The number of carbonyl (C=O) groups is 3. The van der Waals surface area contributed by atoms with Crippen molar-refractivity contribution in [3.8, 4) is 5.75 Å². The Morgan fingerprint density at radius 1 is 1.02 bits per heavy atom. The fourth-order valence-corrected chi connectivity index (χ4v) is 5.74. The third-order valence-corrected chi connectivity index (χ3v) is 8.33. The lowest BCUT2D eigenvalue weighted by atomic mass is 9.91. The number of piperidine rings is 1. The lowest BCUT2D eigenvalue weighted by molar-refractivity contribution is -0.119. The molecule has 1 heterocycles. The molecule has 234 valence electrons. The first-order chi connectivity index (χ1) is 21.2. The zero-order chi connectivity index (χ0) is 31.6.